The van der Waals surface area contributed by atoms with Crippen LogP contribution in [0.3, 0.4) is 0 Å². The Balaban J connectivity index is 1.57. The summed E-state index contributed by atoms with van der Waals surface area (Å²) in [5.41, 5.74) is 3.57. The first kappa shape index (κ1) is 15.1. The van der Waals surface area contributed by atoms with Crippen molar-refractivity contribution in [1.82, 2.24) is 10.4 Å². The lowest BCUT2D eigenvalue weighted by Crippen LogP contribution is -2.56. The molecule has 2 heterocycles. The molecule has 0 unspecified atom stereocenters. The number of ether oxygens (including phenoxy) is 1. The maximum Gasteiger partial charge on any atom is 0.274 e. The zero-order valence-corrected chi connectivity index (χ0v) is 13.0. The molecule has 1 aromatic rings. The van der Waals surface area contributed by atoms with Crippen molar-refractivity contribution in [2.75, 3.05) is 19.8 Å². The Hall–Kier alpha value is -1.50. The smallest absolute Gasteiger partial charge is 0.274 e. The van der Waals surface area contributed by atoms with Crippen LogP contribution in [0.4, 0.5) is 4.39 Å². The van der Waals surface area contributed by atoms with E-state index < -0.39 is 5.91 Å². The predicted molar refractivity (Wildman–Crippen MR) is 80.7 cm³/mol. The summed E-state index contributed by atoms with van der Waals surface area (Å²) in [6.45, 7) is 3.14. The van der Waals surface area contributed by atoms with Crippen molar-refractivity contribution in [3.05, 3.63) is 34.6 Å². The Morgan fingerprint density at radius 1 is 1.43 bits per heavy atom. The lowest BCUT2D eigenvalue weighted by Gasteiger charge is -2.53. The molecule has 3 aliphatic rings. The van der Waals surface area contributed by atoms with Crippen LogP contribution in [0.1, 0.15) is 40.7 Å². The number of carbonyl (C=O) groups excluding carboxylic acids is 1. The SMILES string of the molecule is O=C(NO)c1cc(F)c2c(c1)CCN([C@@H]1CC[C@@]13CCOC3)C2. The number of hydrogen-bond acceptors (Lipinski definition) is 4. The van der Waals surface area contributed by atoms with Crippen molar-refractivity contribution in [2.45, 2.75) is 38.3 Å². The molecule has 23 heavy (non-hydrogen) atoms. The van der Waals surface area contributed by atoms with E-state index in [1.807, 2.05) is 0 Å². The van der Waals surface area contributed by atoms with Gasteiger partial charge in [-0.1, -0.05) is 0 Å². The number of carbonyl (C=O) groups is 1. The minimum absolute atomic E-state index is 0.168. The minimum atomic E-state index is -0.671. The molecule has 1 saturated heterocycles. The van der Waals surface area contributed by atoms with Crippen molar-refractivity contribution in [3.63, 3.8) is 0 Å². The van der Waals surface area contributed by atoms with Crippen LogP contribution in [0.25, 0.3) is 0 Å². The van der Waals surface area contributed by atoms with Crippen LogP contribution in [0, 0.1) is 11.2 Å². The molecule has 1 aliphatic carbocycles. The Bertz CT molecular complexity index is 643. The number of amides is 1. The lowest BCUT2D eigenvalue weighted by atomic mass is 9.63. The summed E-state index contributed by atoms with van der Waals surface area (Å²) in [4.78, 5) is 13.9. The van der Waals surface area contributed by atoms with Gasteiger partial charge in [0.2, 0.25) is 0 Å². The third-order valence-corrected chi connectivity index (χ3v) is 5.88. The summed E-state index contributed by atoms with van der Waals surface area (Å²) in [5, 5.41) is 8.71. The van der Waals surface area contributed by atoms with Gasteiger partial charge < -0.3 is 4.74 Å². The molecule has 1 aromatic carbocycles. The van der Waals surface area contributed by atoms with Gasteiger partial charge in [0.1, 0.15) is 5.82 Å². The Morgan fingerprint density at radius 3 is 2.96 bits per heavy atom. The zero-order chi connectivity index (χ0) is 16.0. The third-order valence-electron chi connectivity index (χ3n) is 5.88. The first-order valence-electron chi connectivity index (χ1n) is 8.20. The number of rotatable bonds is 2. The number of halogens is 1. The third kappa shape index (κ3) is 2.36. The van der Waals surface area contributed by atoms with Gasteiger partial charge in [0.15, 0.2) is 0 Å². The molecule has 1 saturated carbocycles. The van der Waals surface area contributed by atoms with Crippen molar-refractivity contribution >= 4 is 5.91 Å². The first-order chi connectivity index (χ1) is 11.1. The second-order valence-corrected chi connectivity index (χ2v) is 6.98. The standard InChI is InChI=1S/C17H21FN2O3/c18-14-8-12(16(21)19-22)7-11-2-5-20(9-13(11)14)15-1-3-17(15)4-6-23-10-17/h7-8,15,22H,1-6,9-10H2,(H,19,21)/t15-,17+/m1/s1. The fourth-order valence-corrected chi connectivity index (χ4v) is 4.44. The summed E-state index contributed by atoms with van der Waals surface area (Å²) >= 11 is 0. The summed E-state index contributed by atoms with van der Waals surface area (Å²) in [7, 11) is 0. The van der Waals surface area contributed by atoms with Crippen LogP contribution in [-0.2, 0) is 17.7 Å². The van der Waals surface area contributed by atoms with Gasteiger partial charge in [0, 0.05) is 42.3 Å². The fourth-order valence-electron chi connectivity index (χ4n) is 4.44. The molecule has 6 heteroatoms. The van der Waals surface area contributed by atoms with Gasteiger partial charge in [-0.15, -0.1) is 0 Å². The molecule has 0 aromatic heterocycles. The molecule has 2 aliphatic heterocycles. The van der Waals surface area contributed by atoms with Crippen LogP contribution < -0.4 is 5.48 Å². The molecule has 2 atom stereocenters. The topological polar surface area (TPSA) is 61.8 Å². The molecule has 4 rings (SSSR count). The van der Waals surface area contributed by atoms with Crippen molar-refractivity contribution in [1.29, 1.82) is 0 Å². The fraction of sp³-hybridized carbons (Fsp3) is 0.588. The highest BCUT2D eigenvalue weighted by Gasteiger charge is 2.51. The Labute approximate surface area is 134 Å². The highest BCUT2D eigenvalue weighted by molar-refractivity contribution is 5.93. The van der Waals surface area contributed by atoms with Gasteiger partial charge in [-0.25, -0.2) is 9.87 Å². The van der Waals surface area contributed by atoms with E-state index >= 15 is 0 Å². The number of hydroxylamine groups is 1. The number of nitrogens with one attached hydrogen (secondary N) is 1. The number of nitrogens with zero attached hydrogens (tertiary/aromatic N) is 1. The first-order valence-corrected chi connectivity index (χ1v) is 8.20. The van der Waals surface area contributed by atoms with Crippen LogP contribution >= 0.6 is 0 Å². The Morgan fingerprint density at radius 2 is 2.30 bits per heavy atom. The molecule has 0 bridgehead atoms. The maximum absolute atomic E-state index is 14.4. The lowest BCUT2D eigenvalue weighted by molar-refractivity contribution is -0.0391. The molecule has 2 N–H and O–H groups in total. The van der Waals surface area contributed by atoms with E-state index in [-0.39, 0.29) is 16.8 Å². The van der Waals surface area contributed by atoms with Crippen molar-refractivity contribution in [2.24, 2.45) is 5.41 Å². The van der Waals surface area contributed by atoms with Gasteiger partial charge >= 0.3 is 0 Å². The van der Waals surface area contributed by atoms with E-state index in [2.05, 4.69) is 4.90 Å². The van der Waals surface area contributed by atoms with E-state index in [1.54, 1.807) is 11.5 Å². The monoisotopic (exact) mass is 320 g/mol. The summed E-state index contributed by atoms with van der Waals surface area (Å²) in [6, 6.07) is 3.39. The average molecular weight is 320 g/mol. The Kier molecular flexibility index (Phi) is 3.63. The van der Waals surface area contributed by atoms with E-state index in [0.717, 1.165) is 44.6 Å². The van der Waals surface area contributed by atoms with Gasteiger partial charge in [-0.05, 0) is 43.4 Å². The van der Waals surface area contributed by atoms with E-state index in [0.29, 0.717) is 18.2 Å². The predicted octanol–water partition coefficient (Wildman–Crippen LogP) is 1.87. The van der Waals surface area contributed by atoms with Gasteiger partial charge in [-0.3, -0.25) is 14.9 Å². The molecule has 0 radical (unpaired) electrons. The maximum atomic E-state index is 14.4. The molecular weight excluding hydrogens is 299 g/mol. The van der Waals surface area contributed by atoms with Crippen LogP contribution in [0.2, 0.25) is 0 Å². The summed E-state index contributed by atoms with van der Waals surface area (Å²) in [5.74, 6) is -1.03. The summed E-state index contributed by atoms with van der Waals surface area (Å²) < 4.78 is 20.0. The van der Waals surface area contributed by atoms with Gasteiger partial charge in [0.25, 0.3) is 5.91 Å². The normalized spacial score (nSPS) is 30.1. The molecule has 1 amide bonds. The summed E-state index contributed by atoms with van der Waals surface area (Å²) in [6.07, 6.45) is 4.20. The van der Waals surface area contributed by atoms with Crippen molar-refractivity contribution in [3.8, 4) is 0 Å². The average Bonchev–Trinajstić information content (AvgIpc) is 3.05. The van der Waals surface area contributed by atoms with E-state index in [9.17, 15) is 9.18 Å². The zero-order valence-electron chi connectivity index (χ0n) is 13.0. The largest absolute Gasteiger partial charge is 0.381 e. The number of fused-ring (bicyclic) bond motifs is 1. The number of benzene rings is 1. The minimum Gasteiger partial charge on any atom is -0.381 e. The van der Waals surface area contributed by atoms with Gasteiger partial charge in [0.05, 0.1) is 6.61 Å². The molecular formula is C17H21FN2O3. The molecule has 124 valence electrons. The molecule has 1 spiro atoms. The van der Waals surface area contributed by atoms with Gasteiger partial charge in [-0.2, -0.15) is 0 Å². The van der Waals surface area contributed by atoms with Crippen molar-refractivity contribution < 1.29 is 19.1 Å². The molecule has 5 nitrogen and oxygen atoms in total. The highest BCUT2D eigenvalue weighted by atomic mass is 19.1. The number of hydrogen-bond donors (Lipinski definition) is 2. The van der Waals surface area contributed by atoms with Crippen LogP contribution in [0.15, 0.2) is 12.1 Å². The van der Waals surface area contributed by atoms with E-state index in [1.165, 1.54) is 12.5 Å². The molecule has 2 fully saturated rings. The highest BCUT2D eigenvalue weighted by Crippen LogP contribution is 2.50. The van der Waals surface area contributed by atoms with E-state index in [4.69, 9.17) is 9.94 Å². The van der Waals surface area contributed by atoms with Crippen LogP contribution in [-0.4, -0.2) is 41.8 Å². The van der Waals surface area contributed by atoms with Crippen LogP contribution in [0.5, 0.6) is 0 Å². The second-order valence-electron chi connectivity index (χ2n) is 6.98. The quantitative estimate of drug-likeness (QED) is 0.645. The second kappa shape index (κ2) is 5.54.